The van der Waals surface area contributed by atoms with E-state index in [1.165, 1.54) is 4.68 Å². The second kappa shape index (κ2) is 3.38. The molecule has 6 heteroatoms. The van der Waals surface area contributed by atoms with E-state index in [0.29, 0.717) is 5.69 Å². The highest BCUT2D eigenvalue weighted by atomic mass is 16.4. The third-order valence-corrected chi connectivity index (χ3v) is 1.79. The molecular weight excluding hydrogens is 184 g/mol. The van der Waals surface area contributed by atoms with Gasteiger partial charge in [-0.05, 0) is 20.8 Å². The summed E-state index contributed by atoms with van der Waals surface area (Å²) in [6.45, 7) is 5.84. The first-order chi connectivity index (χ1) is 6.38. The first kappa shape index (κ1) is 10.6. The standard InChI is InChI=1S/C8H14N4O2/c1-8(2,3)12-5(4-9)6(7(13)14)10-11-12/h4,9H2,1-3H3,(H,13,14). The van der Waals surface area contributed by atoms with Gasteiger partial charge in [0.1, 0.15) is 0 Å². The molecule has 1 rings (SSSR count). The lowest BCUT2D eigenvalue weighted by molar-refractivity contribution is 0.0689. The van der Waals surface area contributed by atoms with E-state index in [-0.39, 0.29) is 17.8 Å². The summed E-state index contributed by atoms with van der Waals surface area (Å²) < 4.78 is 1.54. The van der Waals surface area contributed by atoms with Crippen molar-refractivity contribution in [3.8, 4) is 0 Å². The van der Waals surface area contributed by atoms with Crippen molar-refractivity contribution in [1.29, 1.82) is 0 Å². The van der Waals surface area contributed by atoms with E-state index < -0.39 is 5.97 Å². The summed E-state index contributed by atoms with van der Waals surface area (Å²) in [6.07, 6.45) is 0. The largest absolute Gasteiger partial charge is 0.476 e. The lowest BCUT2D eigenvalue weighted by atomic mass is 10.1. The average Bonchev–Trinajstić information content (AvgIpc) is 2.45. The number of carbonyl (C=O) groups is 1. The molecule has 0 unspecified atom stereocenters. The van der Waals surface area contributed by atoms with E-state index in [9.17, 15) is 4.79 Å². The van der Waals surface area contributed by atoms with Crippen molar-refractivity contribution >= 4 is 5.97 Å². The van der Waals surface area contributed by atoms with Gasteiger partial charge in [-0.2, -0.15) is 0 Å². The number of carboxylic acids is 1. The van der Waals surface area contributed by atoms with Crippen LogP contribution in [-0.4, -0.2) is 26.1 Å². The molecule has 1 aromatic rings. The number of carboxylic acid groups (broad SMARTS) is 1. The van der Waals surface area contributed by atoms with Gasteiger partial charge in [-0.15, -0.1) is 5.10 Å². The molecule has 0 atom stereocenters. The highest BCUT2D eigenvalue weighted by Crippen LogP contribution is 2.16. The van der Waals surface area contributed by atoms with Crippen molar-refractivity contribution in [2.24, 2.45) is 5.73 Å². The van der Waals surface area contributed by atoms with Gasteiger partial charge in [0.25, 0.3) is 0 Å². The summed E-state index contributed by atoms with van der Waals surface area (Å²) in [5, 5.41) is 16.2. The molecular formula is C8H14N4O2. The fourth-order valence-electron chi connectivity index (χ4n) is 1.19. The molecule has 0 bridgehead atoms. The maximum atomic E-state index is 10.7. The predicted octanol–water partition coefficient (Wildman–Crippen LogP) is 0.190. The summed E-state index contributed by atoms with van der Waals surface area (Å²) in [7, 11) is 0. The summed E-state index contributed by atoms with van der Waals surface area (Å²) in [6, 6.07) is 0. The van der Waals surface area contributed by atoms with Crippen LogP contribution in [0.15, 0.2) is 0 Å². The zero-order chi connectivity index (χ0) is 10.9. The zero-order valence-corrected chi connectivity index (χ0v) is 8.48. The van der Waals surface area contributed by atoms with Crippen LogP contribution in [-0.2, 0) is 12.1 Å². The molecule has 1 aromatic heterocycles. The molecule has 0 saturated carbocycles. The van der Waals surface area contributed by atoms with E-state index in [2.05, 4.69) is 10.3 Å². The molecule has 0 aliphatic heterocycles. The Morgan fingerprint density at radius 1 is 1.57 bits per heavy atom. The van der Waals surface area contributed by atoms with Crippen LogP contribution in [0.25, 0.3) is 0 Å². The normalized spacial score (nSPS) is 11.7. The molecule has 0 radical (unpaired) electrons. The molecule has 14 heavy (non-hydrogen) atoms. The number of aromatic nitrogens is 3. The summed E-state index contributed by atoms with van der Waals surface area (Å²) in [5.74, 6) is -1.10. The van der Waals surface area contributed by atoms with Crippen molar-refractivity contribution in [3.05, 3.63) is 11.4 Å². The van der Waals surface area contributed by atoms with Crippen LogP contribution >= 0.6 is 0 Å². The van der Waals surface area contributed by atoms with Crippen molar-refractivity contribution in [2.45, 2.75) is 32.9 Å². The Hall–Kier alpha value is -1.43. The van der Waals surface area contributed by atoms with Gasteiger partial charge in [-0.25, -0.2) is 9.48 Å². The lowest BCUT2D eigenvalue weighted by Crippen LogP contribution is -2.27. The van der Waals surface area contributed by atoms with Gasteiger partial charge in [-0.3, -0.25) is 0 Å². The summed E-state index contributed by atoms with van der Waals surface area (Å²) in [5.41, 5.74) is 5.54. The molecule has 0 saturated heterocycles. The molecule has 0 amide bonds. The molecule has 0 spiro atoms. The van der Waals surface area contributed by atoms with Gasteiger partial charge in [0, 0.05) is 6.54 Å². The van der Waals surface area contributed by atoms with Gasteiger partial charge in [0.15, 0.2) is 5.69 Å². The van der Waals surface area contributed by atoms with Crippen LogP contribution in [0.4, 0.5) is 0 Å². The van der Waals surface area contributed by atoms with E-state index in [4.69, 9.17) is 10.8 Å². The molecule has 78 valence electrons. The Bertz CT molecular complexity index is 351. The topological polar surface area (TPSA) is 94.0 Å². The van der Waals surface area contributed by atoms with Crippen LogP contribution in [0.3, 0.4) is 0 Å². The number of hydrogen-bond donors (Lipinski definition) is 2. The van der Waals surface area contributed by atoms with Gasteiger partial charge < -0.3 is 10.8 Å². The van der Waals surface area contributed by atoms with Crippen molar-refractivity contribution in [2.75, 3.05) is 0 Å². The molecule has 3 N–H and O–H groups in total. The molecule has 1 heterocycles. The minimum atomic E-state index is -1.10. The fraction of sp³-hybridized carbons (Fsp3) is 0.625. The van der Waals surface area contributed by atoms with Crippen molar-refractivity contribution < 1.29 is 9.90 Å². The second-order valence-electron chi connectivity index (χ2n) is 3.98. The van der Waals surface area contributed by atoms with Crippen molar-refractivity contribution in [3.63, 3.8) is 0 Å². The Morgan fingerprint density at radius 2 is 2.14 bits per heavy atom. The average molecular weight is 198 g/mol. The Morgan fingerprint density at radius 3 is 2.50 bits per heavy atom. The first-order valence-corrected chi connectivity index (χ1v) is 4.26. The third-order valence-electron chi connectivity index (χ3n) is 1.79. The number of nitrogens with two attached hydrogens (primary N) is 1. The monoisotopic (exact) mass is 198 g/mol. The predicted molar refractivity (Wildman–Crippen MR) is 49.9 cm³/mol. The fourth-order valence-corrected chi connectivity index (χ4v) is 1.19. The Labute approximate surface area is 81.7 Å². The quantitative estimate of drug-likeness (QED) is 0.707. The summed E-state index contributed by atoms with van der Waals surface area (Å²) >= 11 is 0. The molecule has 6 nitrogen and oxygen atoms in total. The molecule has 0 aromatic carbocycles. The molecule has 0 fully saturated rings. The zero-order valence-electron chi connectivity index (χ0n) is 8.48. The number of aromatic carboxylic acids is 1. The van der Waals surface area contributed by atoms with Gasteiger partial charge in [0.2, 0.25) is 0 Å². The minimum absolute atomic E-state index is 0.0672. The smallest absolute Gasteiger partial charge is 0.358 e. The first-order valence-electron chi connectivity index (χ1n) is 4.26. The van der Waals surface area contributed by atoms with E-state index >= 15 is 0 Å². The molecule has 0 aliphatic carbocycles. The van der Waals surface area contributed by atoms with Crippen LogP contribution < -0.4 is 5.73 Å². The highest BCUT2D eigenvalue weighted by molar-refractivity contribution is 5.86. The minimum Gasteiger partial charge on any atom is -0.476 e. The Balaban J connectivity index is 3.28. The van der Waals surface area contributed by atoms with E-state index in [1.54, 1.807) is 0 Å². The lowest BCUT2D eigenvalue weighted by Gasteiger charge is -2.20. The number of hydrogen-bond acceptors (Lipinski definition) is 4. The van der Waals surface area contributed by atoms with Crippen molar-refractivity contribution in [1.82, 2.24) is 15.0 Å². The van der Waals surface area contributed by atoms with Gasteiger partial charge >= 0.3 is 5.97 Å². The Kier molecular flexibility index (Phi) is 2.57. The maximum Gasteiger partial charge on any atom is 0.358 e. The van der Waals surface area contributed by atoms with Gasteiger partial charge in [0.05, 0.1) is 11.2 Å². The van der Waals surface area contributed by atoms with Crippen LogP contribution in [0.2, 0.25) is 0 Å². The number of nitrogens with zero attached hydrogens (tertiary/aromatic N) is 3. The van der Waals surface area contributed by atoms with Crippen LogP contribution in [0.5, 0.6) is 0 Å². The summed E-state index contributed by atoms with van der Waals surface area (Å²) in [4.78, 5) is 10.7. The van der Waals surface area contributed by atoms with Crippen LogP contribution in [0.1, 0.15) is 37.0 Å². The van der Waals surface area contributed by atoms with E-state index in [1.807, 2.05) is 20.8 Å². The third kappa shape index (κ3) is 1.74. The van der Waals surface area contributed by atoms with Gasteiger partial charge in [-0.1, -0.05) is 5.21 Å². The number of rotatable bonds is 2. The SMILES string of the molecule is CC(C)(C)n1nnc(C(=O)O)c1CN. The van der Waals surface area contributed by atoms with Crippen LogP contribution in [0, 0.1) is 0 Å². The molecule has 0 aliphatic rings. The highest BCUT2D eigenvalue weighted by Gasteiger charge is 2.24. The second-order valence-corrected chi connectivity index (χ2v) is 3.98. The van der Waals surface area contributed by atoms with E-state index in [0.717, 1.165) is 0 Å². The maximum absolute atomic E-state index is 10.7.